The van der Waals surface area contributed by atoms with Gasteiger partial charge in [-0.25, -0.2) is 12.7 Å². The molecule has 3 heterocycles. The van der Waals surface area contributed by atoms with Gasteiger partial charge < -0.3 is 0 Å². The summed E-state index contributed by atoms with van der Waals surface area (Å²) in [7, 11) is -1.22. The maximum absolute atomic E-state index is 11.5. The molecule has 2 aromatic rings. The van der Waals surface area contributed by atoms with E-state index in [2.05, 4.69) is 15.1 Å². The fourth-order valence-corrected chi connectivity index (χ4v) is 3.64. The Labute approximate surface area is 130 Å². The Hall–Kier alpha value is -1.80. The van der Waals surface area contributed by atoms with Crippen molar-refractivity contribution in [3.63, 3.8) is 0 Å². The van der Waals surface area contributed by atoms with Gasteiger partial charge in [0.25, 0.3) is 0 Å². The van der Waals surface area contributed by atoms with Crippen molar-refractivity contribution in [2.24, 2.45) is 13.0 Å². The molecular weight excluding hydrogens is 302 g/mol. The van der Waals surface area contributed by atoms with Crippen molar-refractivity contribution >= 4 is 10.0 Å². The number of hydrogen-bond acceptors (Lipinski definition) is 5. The summed E-state index contributed by atoms with van der Waals surface area (Å²) in [5, 5.41) is 4.12. The summed E-state index contributed by atoms with van der Waals surface area (Å²) in [5.41, 5.74) is 2.62. The Balaban J connectivity index is 1.65. The third-order valence-corrected chi connectivity index (χ3v) is 5.19. The normalized spacial score (nSPS) is 19.6. The summed E-state index contributed by atoms with van der Waals surface area (Å²) in [6.45, 7) is 1.18. The molecule has 0 aromatic carbocycles. The quantitative estimate of drug-likeness (QED) is 0.828. The number of aryl methyl sites for hydroxylation is 1. The van der Waals surface area contributed by atoms with E-state index in [1.165, 1.54) is 10.6 Å². The van der Waals surface area contributed by atoms with Crippen LogP contribution in [0.4, 0.5) is 0 Å². The zero-order valence-electron chi connectivity index (χ0n) is 12.7. The van der Waals surface area contributed by atoms with E-state index in [9.17, 15) is 8.42 Å². The second-order valence-corrected chi connectivity index (χ2v) is 7.76. The van der Waals surface area contributed by atoms with E-state index in [4.69, 9.17) is 0 Å². The molecule has 2 aromatic heterocycles. The number of nitrogens with zero attached hydrogens (tertiary/aromatic N) is 5. The molecule has 3 rings (SSSR count). The van der Waals surface area contributed by atoms with Crippen LogP contribution in [0.3, 0.4) is 0 Å². The van der Waals surface area contributed by atoms with Gasteiger partial charge in [0.05, 0.1) is 30.0 Å². The van der Waals surface area contributed by atoms with Gasteiger partial charge in [-0.3, -0.25) is 14.6 Å². The first-order valence-electron chi connectivity index (χ1n) is 7.17. The zero-order valence-corrected chi connectivity index (χ0v) is 13.5. The minimum Gasteiger partial charge on any atom is -0.275 e. The predicted molar refractivity (Wildman–Crippen MR) is 82.5 cm³/mol. The first-order valence-corrected chi connectivity index (χ1v) is 9.02. The average Bonchev–Trinajstić information content (AvgIpc) is 3.08. The molecule has 7 nitrogen and oxygen atoms in total. The van der Waals surface area contributed by atoms with Gasteiger partial charge in [0.1, 0.15) is 0 Å². The Morgan fingerprint density at radius 1 is 1.27 bits per heavy atom. The summed E-state index contributed by atoms with van der Waals surface area (Å²) in [4.78, 5) is 8.87. The Kier molecular flexibility index (Phi) is 3.96. The molecule has 0 aliphatic carbocycles. The molecule has 1 aliphatic heterocycles. The Morgan fingerprint density at radius 2 is 2.09 bits per heavy atom. The number of rotatable bonds is 4. The molecule has 1 aliphatic rings. The van der Waals surface area contributed by atoms with Crippen LogP contribution < -0.4 is 0 Å². The molecule has 1 saturated heterocycles. The molecule has 0 radical (unpaired) electrons. The highest BCUT2D eigenvalue weighted by atomic mass is 32.2. The average molecular weight is 321 g/mol. The second-order valence-electron chi connectivity index (χ2n) is 5.78. The van der Waals surface area contributed by atoms with Gasteiger partial charge in [-0.2, -0.15) is 5.10 Å². The van der Waals surface area contributed by atoms with Crippen molar-refractivity contribution in [2.45, 2.75) is 12.8 Å². The van der Waals surface area contributed by atoms with E-state index in [1.807, 2.05) is 13.2 Å². The van der Waals surface area contributed by atoms with Crippen molar-refractivity contribution in [1.29, 1.82) is 0 Å². The van der Waals surface area contributed by atoms with Crippen molar-refractivity contribution in [3.8, 4) is 11.3 Å². The molecule has 0 saturated carbocycles. The van der Waals surface area contributed by atoms with Crippen LogP contribution >= 0.6 is 0 Å². The van der Waals surface area contributed by atoms with E-state index < -0.39 is 10.0 Å². The maximum atomic E-state index is 11.5. The fourth-order valence-electron chi connectivity index (χ4n) is 2.72. The molecular formula is C14H19N5O2S. The standard InChI is InChI=1S/C14H19N5O2S/c1-18-10-12(6-17-18)14-8-15-13(7-16-14)5-11-3-4-19(9-11)22(2,20)21/h6-8,10-11H,3-5,9H2,1-2H3. The lowest BCUT2D eigenvalue weighted by Gasteiger charge is -2.13. The molecule has 8 heteroatoms. The van der Waals surface area contributed by atoms with Gasteiger partial charge in [-0.15, -0.1) is 0 Å². The van der Waals surface area contributed by atoms with Crippen molar-refractivity contribution in [3.05, 3.63) is 30.5 Å². The highest BCUT2D eigenvalue weighted by Crippen LogP contribution is 2.22. The van der Waals surface area contributed by atoms with E-state index >= 15 is 0 Å². The van der Waals surface area contributed by atoms with Gasteiger partial charge >= 0.3 is 0 Å². The summed E-state index contributed by atoms with van der Waals surface area (Å²) >= 11 is 0. The number of hydrogen-bond donors (Lipinski definition) is 0. The minimum absolute atomic E-state index is 0.313. The van der Waals surface area contributed by atoms with E-state index in [0.717, 1.165) is 29.8 Å². The lowest BCUT2D eigenvalue weighted by molar-refractivity contribution is 0.459. The van der Waals surface area contributed by atoms with Gasteiger partial charge in [-0.1, -0.05) is 0 Å². The summed E-state index contributed by atoms with van der Waals surface area (Å²) in [6, 6.07) is 0. The Morgan fingerprint density at radius 3 is 2.64 bits per heavy atom. The summed E-state index contributed by atoms with van der Waals surface area (Å²) in [6.07, 6.45) is 10.1. The molecule has 1 atom stereocenters. The van der Waals surface area contributed by atoms with Crippen molar-refractivity contribution in [2.75, 3.05) is 19.3 Å². The molecule has 0 amide bonds. The van der Waals surface area contributed by atoms with E-state index in [1.54, 1.807) is 23.3 Å². The third kappa shape index (κ3) is 3.33. The van der Waals surface area contributed by atoms with E-state index in [-0.39, 0.29) is 0 Å². The molecule has 0 N–H and O–H groups in total. The molecule has 1 fully saturated rings. The molecule has 0 bridgehead atoms. The van der Waals surface area contributed by atoms with Crippen LogP contribution in [0.1, 0.15) is 12.1 Å². The largest absolute Gasteiger partial charge is 0.275 e. The van der Waals surface area contributed by atoms with Crippen LogP contribution in [0.5, 0.6) is 0 Å². The lowest BCUT2D eigenvalue weighted by atomic mass is 10.0. The van der Waals surface area contributed by atoms with Gasteiger partial charge in [0, 0.05) is 38.1 Å². The Bertz CT molecular complexity index is 754. The van der Waals surface area contributed by atoms with Crippen molar-refractivity contribution in [1.82, 2.24) is 24.1 Å². The summed E-state index contributed by atoms with van der Waals surface area (Å²) in [5.74, 6) is 0.313. The second kappa shape index (κ2) is 5.77. The molecule has 22 heavy (non-hydrogen) atoms. The van der Waals surface area contributed by atoms with Gasteiger partial charge in [0.2, 0.25) is 10.0 Å². The molecule has 0 spiro atoms. The smallest absolute Gasteiger partial charge is 0.211 e. The highest BCUT2D eigenvalue weighted by Gasteiger charge is 2.28. The summed E-state index contributed by atoms with van der Waals surface area (Å²) < 4.78 is 26.3. The highest BCUT2D eigenvalue weighted by molar-refractivity contribution is 7.88. The van der Waals surface area contributed by atoms with Crippen molar-refractivity contribution < 1.29 is 8.42 Å². The minimum atomic E-state index is -3.08. The lowest BCUT2D eigenvalue weighted by Crippen LogP contribution is -2.27. The molecule has 118 valence electrons. The van der Waals surface area contributed by atoms with Crippen LogP contribution in [0.15, 0.2) is 24.8 Å². The SMILES string of the molecule is Cn1cc(-c2cnc(CC3CCN(S(C)(=O)=O)C3)cn2)cn1. The predicted octanol–water partition coefficient (Wildman–Crippen LogP) is 0.701. The number of sulfonamides is 1. The maximum Gasteiger partial charge on any atom is 0.211 e. The van der Waals surface area contributed by atoms with Crippen LogP contribution in [0.2, 0.25) is 0 Å². The molecule has 1 unspecified atom stereocenters. The monoisotopic (exact) mass is 321 g/mol. The van der Waals surface area contributed by atoms with Crippen LogP contribution in [-0.2, 0) is 23.5 Å². The first-order chi connectivity index (χ1) is 10.4. The van der Waals surface area contributed by atoms with Gasteiger partial charge in [0.15, 0.2) is 0 Å². The van der Waals surface area contributed by atoms with E-state index in [0.29, 0.717) is 19.0 Å². The van der Waals surface area contributed by atoms with Gasteiger partial charge in [-0.05, 0) is 18.8 Å². The van der Waals surface area contributed by atoms with Crippen LogP contribution in [-0.4, -0.2) is 51.8 Å². The third-order valence-electron chi connectivity index (χ3n) is 3.92. The van der Waals surface area contributed by atoms with Crippen LogP contribution in [0, 0.1) is 5.92 Å². The zero-order chi connectivity index (χ0) is 15.7. The van der Waals surface area contributed by atoms with Crippen LogP contribution in [0.25, 0.3) is 11.3 Å². The first kappa shape index (κ1) is 15.1. The number of aromatic nitrogens is 4. The topological polar surface area (TPSA) is 81.0 Å². The fraction of sp³-hybridized carbons (Fsp3) is 0.500.